The Morgan fingerprint density at radius 2 is 0.903 bits per heavy atom. The summed E-state index contributed by atoms with van der Waals surface area (Å²) in [5.41, 5.74) is 7.26. The zero-order chi connectivity index (χ0) is 21.8. The Morgan fingerprint density at radius 3 is 1.26 bits per heavy atom. The molecule has 0 amide bonds. The highest BCUT2D eigenvalue weighted by Gasteiger charge is 2.08. The molecule has 0 spiro atoms. The molecule has 0 unspecified atom stereocenters. The number of hydrogen-bond acceptors (Lipinski definition) is 0. The number of benzene rings is 4. The molecule has 2 heteroatoms. The van der Waals surface area contributed by atoms with E-state index in [1.54, 1.807) is 12.1 Å². The molecule has 0 saturated carbocycles. The Hall–Kier alpha value is -3.26. The average molecular weight is 413 g/mol. The van der Waals surface area contributed by atoms with Crippen molar-refractivity contribution in [2.24, 2.45) is 0 Å². The van der Waals surface area contributed by atoms with Crippen LogP contribution in [0.5, 0.6) is 0 Å². The molecule has 0 radical (unpaired) electrons. The molecule has 31 heavy (non-hydrogen) atoms. The third kappa shape index (κ3) is 5.08. The summed E-state index contributed by atoms with van der Waals surface area (Å²) >= 11 is 0. The molecule has 0 aliphatic carbocycles. The number of aryl methyl sites for hydroxylation is 4. The molecule has 156 valence electrons. The third-order valence-corrected chi connectivity index (χ3v) is 5.72. The quantitative estimate of drug-likeness (QED) is 0.300. The van der Waals surface area contributed by atoms with Crippen LogP contribution in [0, 0.1) is 25.5 Å². The van der Waals surface area contributed by atoms with Gasteiger partial charge in [0, 0.05) is 11.1 Å². The zero-order valence-electron chi connectivity index (χ0n) is 18.0. The van der Waals surface area contributed by atoms with Gasteiger partial charge in [0.25, 0.3) is 0 Å². The van der Waals surface area contributed by atoms with Gasteiger partial charge in [-0.3, -0.25) is 0 Å². The fourth-order valence-corrected chi connectivity index (χ4v) is 3.86. The first kappa shape index (κ1) is 21.0. The lowest BCUT2D eigenvalue weighted by Gasteiger charge is -2.09. The Morgan fingerprint density at radius 1 is 0.516 bits per heavy atom. The number of halogens is 2. The molecular formula is C29H26F2. The average Bonchev–Trinajstić information content (AvgIpc) is 2.76. The lowest BCUT2D eigenvalue weighted by molar-refractivity contribution is 0.626. The smallest absolute Gasteiger partial charge is 0.131 e. The van der Waals surface area contributed by atoms with Crippen molar-refractivity contribution >= 4 is 0 Å². The SMILES string of the molecule is Cc1ccc(-c2ccc(CCCc3ccc(-c4ccc(C)cc4)c(F)c3)cc2F)cc1. The van der Waals surface area contributed by atoms with Crippen molar-refractivity contribution in [3.05, 3.63) is 119 Å². The van der Waals surface area contributed by atoms with Gasteiger partial charge in [0.2, 0.25) is 0 Å². The van der Waals surface area contributed by atoms with Gasteiger partial charge in [0.15, 0.2) is 0 Å². The van der Waals surface area contributed by atoms with Gasteiger partial charge in [-0.2, -0.15) is 0 Å². The monoisotopic (exact) mass is 412 g/mol. The van der Waals surface area contributed by atoms with Crippen LogP contribution in [0.4, 0.5) is 8.78 Å². The lowest BCUT2D eigenvalue weighted by Crippen LogP contribution is -1.94. The van der Waals surface area contributed by atoms with E-state index in [2.05, 4.69) is 0 Å². The lowest BCUT2D eigenvalue weighted by atomic mass is 9.98. The minimum atomic E-state index is -0.199. The van der Waals surface area contributed by atoms with Gasteiger partial charge in [-0.25, -0.2) is 8.78 Å². The number of rotatable bonds is 6. The normalized spacial score (nSPS) is 11.0. The first-order valence-corrected chi connectivity index (χ1v) is 10.7. The Balaban J connectivity index is 1.39. The van der Waals surface area contributed by atoms with E-state index >= 15 is 0 Å². The molecule has 4 aromatic carbocycles. The van der Waals surface area contributed by atoms with Gasteiger partial charge in [0.1, 0.15) is 11.6 Å². The highest BCUT2D eigenvalue weighted by atomic mass is 19.1. The molecule has 0 aliphatic heterocycles. The van der Waals surface area contributed by atoms with Crippen LogP contribution in [0.1, 0.15) is 28.7 Å². The van der Waals surface area contributed by atoms with Crippen molar-refractivity contribution in [2.45, 2.75) is 33.1 Å². The molecule has 0 N–H and O–H groups in total. The van der Waals surface area contributed by atoms with Crippen LogP contribution in [0.2, 0.25) is 0 Å². The predicted molar refractivity (Wildman–Crippen MR) is 125 cm³/mol. The molecule has 4 aromatic rings. The zero-order valence-corrected chi connectivity index (χ0v) is 18.0. The van der Waals surface area contributed by atoms with E-state index in [-0.39, 0.29) is 11.6 Å². The van der Waals surface area contributed by atoms with E-state index in [0.29, 0.717) is 11.1 Å². The summed E-state index contributed by atoms with van der Waals surface area (Å²) in [6.07, 6.45) is 2.35. The molecule has 0 nitrogen and oxygen atoms in total. The molecule has 0 heterocycles. The van der Waals surface area contributed by atoms with Gasteiger partial charge in [-0.1, -0.05) is 83.9 Å². The van der Waals surface area contributed by atoms with Gasteiger partial charge < -0.3 is 0 Å². The van der Waals surface area contributed by atoms with E-state index in [4.69, 9.17) is 0 Å². The maximum absolute atomic E-state index is 14.6. The Labute approximate surface area is 183 Å². The van der Waals surface area contributed by atoms with Crippen LogP contribution in [-0.4, -0.2) is 0 Å². The van der Waals surface area contributed by atoms with Crippen LogP contribution in [-0.2, 0) is 12.8 Å². The molecule has 0 bridgehead atoms. The summed E-state index contributed by atoms with van der Waals surface area (Å²) in [5.74, 6) is -0.398. The summed E-state index contributed by atoms with van der Waals surface area (Å²) in [7, 11) is 0. The van der Waals surface area contributed by atoms with Crippen molar-refractivity contribution in [2.75, 3.05) is 0 Å². The van der Waals surface area contributed by atoms with Crippen molar-refractivity contribution in [1.82, 2.24) is 0 Å². The Bertz CT molecular complexity index is 1080. The summed E-state index contributed by atoms with van der Waals surface area (Å²) in [5, 5.41) is 0. The number of hydrogen-bond donors (Lipinski definition) is 0. The predicted octanol–water partition coefficient (Wildman–Crippen LogP) is 8.09. The summed E-state index contributed by atoms with van der Waals surface area (Å²) in [6.45, 7) is 4.04. The van der Waals surface area contributed by atoms with Crippen molar-refractivity contribution in [3.8, 4) is 22.3 Å². The second kappa shape index (κ2) is 9.26. The van der Waals surface area contributed by atoms with Crippen LogP contribution in [0.3, 0.4) is 0 Å². The van der Waals surface area contributed by atoms with Crippen LogP contribution >= 0.6 is 0 Å². The summed E-state index contributed by atoms with van der Waals surface area (Å²) in [6, 6.07) is 26.7. The van der Waals surface area contributed by atoms with Gasteiger partial charge >= 0.3 is 0 Å². The molecule has 4 rings (SSSR count). The molecule has 0 saturated heterocycles. The standard InChI is InChI=1S/C29H26F2/c1-20-6-12-24(13-7-20)26-16-10-22(18-28(26)30)4-3-5-23-11-17-27(29(31)19-23)25-14-8-21(2)9-15-25/h6-19H,3-5H2,1-2H3. The molecular weight excluding hydrogens is 386 g/mol. The van der Waals surface area contributed by atoms with Crippen molar-refractivity contribution in [3.63, 3.8) is 0 Å². The van der Waals surface area contributed by atoms with E-state index in [1.165, 1.54) is 0 Å². The third-order valence-electron chi connectivity index (χ3n) is 5.72. The minimum Gasteiger partial charge on any atom is -0.206 e. The highest BCUT2D eigenvalue weighted by molar-refractivity contribution is 5.65. The maximum atomic E-state index is 14.6. The second-order valence-corrected chi connectivity index (χ2v) is 8.21. The van der Waals surface area contributed by atoms with E-state index in [1.807, 2.05) is 86.6 Å². The fraction of sp³-hybridized carbons (Fsp3) is 0.172. The van der Waals surface area contributed by atoms with Crippen molar-refractivity contribution < 1.29 is 8.78 Å². The molecule has 0 aromatic heterocycles. The van der Waals surface area contributed by atoms with E-state index in [9.17, 15) is 8.78 Å². The first-order valence-electron chi connectivity index (χ1n) is 10.7. The molecule has 0 aliphatic rings. The van der Waals surface area contributed by atoms with Crippen LogP contribution in [0.15, 0.2) is 84.9 Å². The molecule has 0 fully saturated rings. The Kier molecular flexibility index (Phi) is 6.27. The van der Waals surface area contributed by atoms with Gasteiger partial charge in [0.05, 0.1) is 0 Å². The topological polar surface area (TPSA) is 0 Å². The van der Waals surface area contributed by atoms with Crippen LogP contribution < -0.4 is 0 Å². The summed E-state index contributed by atoms with van der Waals surface area (Å²) < 4.78 is 29.2. The summed E-state index contributed by atoms with van der Waals surface area (Å²) in [4.78, 5) is 0. The van der Waals surface area contributed by atoms with Gasteiger partial charge in [-0.15, -0.1) is 0 Å². The molecule has 0 atom stereocenters. The van der Waals surface area contributed by atoms with Crippen LogP contribution in [0.25, 0.3) is 22.3 Å². The van der Waals surface area contributed by atoms with Gasteiger partial charge in [-0.05, 0) is 67.5 Å². The van der Waals surface area contributed by atoms with E-state index in [0.717, 1.165) is 52.6 Å². The minimum absolute atomic E-state index is 0.199. The largest absolute Gasteiger partial charge is 0.206 e. The second-order valence-electron chi connectivity index (χ2n) is 8.21. The maximum Gasteiger partial charge on any atom is 0.131 e. The van der Waals surface area contributed by atoms with Crippen molar-refractivity contribution in [1.29, 1.82) is 0 Å². The highest BCUT2D eigenvalue weighted by Crippen LogP contribution is 2.26. The van der Waals surface area contributed by atoms with E-state index < -0.39 is 0 Å². The fourth-order valence-electron chi connectivity index (χ4n) is 3.86. The first-order chi connectivity index (χ1) is 15.0.